The van der Waals surface area contributed by atoms with Gasteiger partial charge in [0.2, 0.25) is 5.91 Å². The van der Waals surface area contributed by atoms with Crippen molar-refractivity contribution in [1.82, 2.24) is 5.32 Å². The molecule has 4 heteroatoms. The Morgan fingerprint density at radius 3 is 2.54 bits per heavy atom. The fraction of sp³-hybridized carbons (Fsp3) is 0.778. The molecule has 72 valence electrons. The smallest absolute Gasteiger partial charge is 0.307 e. The summed E-state index contributed by atoms with van der Waals surface area (Å²) in [6.45, 7) is 0.639. The van der Waals surface area contributed by atoms with Gasteiger partial charge >= 0.3 is 5.97 Å². The van der Waals surface area contributed by atoms with E-state index in [1.807, 2.05) is 0 Å². The maximum absolute atomic E-state index is 11.3. The molecule has 0 bridgehead atoms. The van der Waals surface area contributed by atoms with Crippen molar-refractivity contribution in [3.63, 3.8) is 0 Å². The minimum absolute atomic E-state index is 0.0701. The maximum atomic E-state index is 11.3. The molecule has 1 amide bonds. The third-order valence-electron chi connectivity index (χ3n) is 2.94. The SMILES string of the molecule is O=C1NCCC1C(C(=O)O)C1CC1. The van der Waals surface area contributed by atoms with Gasteiger partial charge in [-0.3, -0.25) is 9.59 Å². The first kappa shape index (κ1) is 8.53. The Labute approximate surface area is 76.3 Å². The first-order chi connectivity index (χ1) is 6.20. The van der Waals surface area contributed by atoms with Crippen LogP contribution < -0.4 is 5.32 Å². The highest BCUT2D eigenvalue weighted by molar-refractivity contribution is 5.86. The molecule has 1 saturated heterocycles. The van der Waals surface area contributed by atoms with Crippen LogP contribution >= 0.6 is 0 Å². The lowest BCUT2D eigenvalue weighted by molar-refractivity contribution is -0.147. The quantitative estimate of drug-likeness (QED) is 0.658. The van der Waals surface area contributed by atoms with Crippen molar-refractivity contribution in [1.29, 1.82) is 0 Å². The number of hydrogen-bond acceptors (Lipinski definition) is 2. The van der Waals surface area contributed by atoms with Crippen LogP contribution in [0, 0.1) is 17.8 Å². The molecule has 2 unspecified atom stereocenters. The number of carbonyl (C=O) groups is 2. The van der Waals surface area contributed by atoms with E-state index >= 15 is 0 Å². The van der Waals surface area contributed by atoms with Crippen molar-refractivity contribution in [3.8, 4) is 0 Å². The van der Waals surface area contributed by atoms with Crippen LogP contribution in [-0.4, -0.2) is 23.5 Å². The van der Waals surface area contributed by atoms with Gasteiger partial charge in [0.1, 0.15) is 0 Å². The average molecular weight is 183 g/mol. The van der Waals surface area contributed by atoms with E-state index in [4.69, 9.17) is 5.11 Å². The monoisotopic (exact) mass is 183 g/mol. The van der Waals surface area contributed by atoms with Gasteiger partial charge in [0.25, 0.3) is 0 Å². The zero-order valence-corrected chi connectivity index (χ0v) is 7.32. The Kier molecular flexibility index (Phi) is 1.98. The molecule has 2 atom stereocenters. The summed E-state index contributed by atoms with van der Waals surface area (Å²) in [5, 5.41) is 11.7. The second-order valence-electron chi connectivity index (χ2n) is 3.89. The zero-order chi connectivity index (χ0) is 9.42. The lowest BCUT2D eigenvalue weighted by atomic mass is 9.87. The lowest BCUT2D eigenvalue weighted by Crippen LogP contribution is -2.31. The van der Waals surface area contributed by atoms with Gasteiger partial charge in [-0.1, -0.05) is 0 Å². The summed E-state index contributed by atoms with van der Waals surface area (Å²) in [5.74, 6) is -1.32. The molecule has 0 radical (unpaired) electrons. The molecule has 0 aromatic carbocycles. The molecule has 1 aliphatic carbocycles. The fourth-order valence-corrected chi connectivity index (χ4v) is 2.11. The third-order valence-corrected chi connectivity index (χ3v) is 2.94. The van der Waals surface area contributed by atoms with Gasteiger partial charge in [-0.05, 0) is 25.2 Å². The average Bonchev–Trinajstić information content (AvgIpc) is 2.78. The molecule has 2 rings (SSSR count). The van der Waals surface area contributed by atoms with Crippen LogP contribution in [-0.2, 0) is 9.59 Å². The van der Waals surface area contributed by atoms with Gasteiger partial charge < -0.3 is 10.4 Å². The Bertz CT molecular complexity index is 247. The van der Waals surface area contributed by atoms with Crippen molar-refractivity contribution in [2.45, 2.75) is 19.3 Å². The number of hydrogen-bond donors (Lipinski definition) is 2. The molecule has 13 heavy (non-hydrogen) atoms. The molecule has 2 fully saturated rings. The number of rotatable bonds is 3. The highest BCUT2D eigenvalue weighted by atomic mass is 16.4. The van der Waals surface area contributed by atoms with Crippen LogP contribution in [0.3, 0.4) is 0 Å². The summed E-state index contributed by atoms with van der Waals surface area (Å²) < 4.78 is 0. The molecule has 0 aromatic heterocycles. The standard InChI is InChI=1S/C9H13NO3/c11-8-6(3-4-10-8)7(9(12)13)5-1-2-5/h5-7H,1-4H2,(H,10,11)(H,12,13). The van der Waals surface area contributed by atoms with E-state index in [9.17, 15) is 9.59 Å². The van der Waals surface area contributed by atoms with Crippen molar-refractivity contribution in [3.05, 3.63) is 0 Å². The fourth-order valence-electron chi connectivity index (χ4n) is 2.11. The van der Waals surface area contributed by atoms with Crippen molar-refractivity contribution in [2.75, 3.05) is 6.54 Å². The second-order valence-corrected chi connectivity index (χ2v) is 3.89. The highest BCUT2D eigenvalue weighted by Gasteiger charge is 2.45. The first-order valence-electron chi connectivity index (χ1n) is 4.70. The van der Waals surface area contributed by atoms with Crippen LogP contribution in [0.5, 0.6) is 0 Å². The molecular weight excluding hydrogens is 170 g/mol. The predicted octanol–water partition coefficient (Wildman–Crippen LogP) is 0.233. The maximum Gasteiger partial charge on any atom is 0.307 e. The number of aliphatic carboxylic acids is 1. The van der Waals surface area contributed by atoms with Gasteiger partial charge in [0.15, 0.2) is 0 Å². The van der Waals surface area contributed by atoms with E-state index in [1.165, 1.54) is 0 Å². The predicted molar refractivity (Wildman–Crippen MR) is 45.0 cm³/mol. The second kappa shape index (κ2) is 3.01. The van der Waals surface area contributed by atoms with Crippen LogP contribution in [0.4, 0.5) is 0 Å². The van der Waals surface area contributed by atoms with Gasteiger partial charge in [0.05, 0.1) is 11.8 Å². The summed E-state index contributed by atoms with van der Waals surface area (Å²) in [6, 6.07) is 0. The normalized spacial score (nSPS) is 29.8. The zero-order valence-electron chi connectivity index (χ0n) is 7.32. The Morgan fingerprint density at radius 1 is 1.46 bits per heavy atom. The van der Waals surface area contributed by atoms with Gasteiger partial charge in [-0.25, -0.2) is 0 Å². The Hall–Kier alpha value is -1.06. The van der Waals surface area contributed by atoms with Crippen LogP contribution in [0.15, 0.2) is 0 Å². The van der Waals surface area contributed by atoms with Crippen molar-refractivity contribution >= 4 is 11.9 Å². The molecule has 2 aliphatic rings. The Balaban J connectivity index is 2.09. The van der Waals surface area contributed by atoms with E-state index in [2.05, 4.69) is 5.32 Å². The minimum atomic E-state index is -0.801. The van der Waals surface area contributed by atoms with Gasteiger partial charge in [0, 0.05) is 6.54 Å². The van der Waals surface area contributed by atoms with Crippen LogP contribution in [0.1, 0.15) is 19.3 Å². The molecular formula is C9H13NO3. The summed E-state index contributed by atoms with van der Waals surface area (Å²) in [5.41, 5.74) is 0. The van der Waals surface area contributed by atoms with Crippen molar-refractivity contribution < 1.29 is 14.7 Å². The minimum Gasteiger partial charge on any atom is -0.481 e. The van der Waals surface area contributed by atoms with Crippen molar-refractivity contribution in [2.24, 2.45) is 17.8 Å². The van der Waals surface area contributed by atoms with Crippen LogP contribution in [0.25, 0.3) is 0 Å². The summed E-state index contributed by atoms with van der Waals surface area (Å²) in [7, 11) is 0. The molecule has 1 heterocycles. The molecule has 2 N–H and O–H groups in total. The van der Waals surface area contributed by atoms with E-state index in [-0.39, 0.29) is 17.7 Å². The highest BCUT2D eigenvalue weighted by Crippen LogP contribution is 2.42. The number of amides is 1. The topological polar surface area (TPSA) is 66.4 Å². The number of carboxylic acids is 1. The number of carbonyl (C=O) groups excluding carboxylic acids is 1. The van der Waals surface area contributed by atoms with E-state index < -0.39 is 11.9 Å². The summed E-state index contributed by atoms with van der Waals surface area (Å²) >= 11 is 0. The molecule has 1 saturated carbocycles. The largest absolute Gasteiger partial charge is 0.481 e. The summed E-state index contributed by atoms with van der Waals surface area (Å²) in [4.78, 5) is 22.2. The van der Waals surface area contributed by atoms with Gasteiger partial charge in [-0.15, -0.1) is 0 Å². The van der Waals surface area contributed by atoms with Gasteiger partial charge in [-0.2, -0.15) is 0 Å². The molecule has 0 aromatic rings. The van der Waals surface area contributed by atoms with E-state index in [1.54, 1.807) is 0 Å². The molecule has 0 spiro atoms. The third kappa shape index (κ3) is 1.53. The van der Waals surface area contributed by atoms with E-state index in [0.717, 1.165) is 12.8 Å². The molecule has 4 nitrogen and oxygen atoms in total. The van der Waals surface area contributed by atoms with E-state index in [0.29, 0.717) is 13.0 Å². The Morgan fingerprint density at radius 2 is 2.15 bits per heavy atom. The number of nitrogens with one attached hydrogen (secondary N) is 1. The summed E-state index contributed by atoms with van der Waals surface area (Å²) in [6.07, 6.45) is 2.63. The first-order valence-corrected chi connectivity index (χ1v) is 4.70. The molecule has 1 aliphatic heterocycles. The number of carboxylic acid groups (broad SMARTS) is 1. The lowest BCUT2D eigenvalue weighted by Gasteiger charge is -2.15. The van der Waals surface area contributed by atoms with Crippen LogP contribution in [0.2, 0.25) is 0 Å².